The Morgan fingerprint density at radius 1 is 1.43 bits per heavy atom. The van der Waals surface area contributed by atoms with Crippen molar-refractivity contribution in [3.63, 3.8) is 0 Å². The molecule has 0 spiro atoms. The molecule has 0 aromatic rings. The van der Waals surface area contributed by atoms with Crippen molar-refractivity contribution in [1.82, 2.24) is 5.32 Å². The van der Waals surface area contributed by atoms with Crippen molar-refractivity contribution >= 4 is 9.84 Å². The number of hydrogen-bond donors (Lipinski definition) is 2. The minimum absolute atomic E-state index is 0.168. The van der Waals surface area contributed by atoms with Gasteiger partial charge in [-0.2, -0.15) is 0 Å². The highest BCUT2D eigenvalue weighted by molar-refractivity contribution is 7.91. The third-order valence-corrected chi connectivity index (χ3v) is 3.92. The van der Waals surface area contributed by atoms with E-state index in [1.807, 2.05) is 6.92 Å². The first-order valence-corrected chi connectivity index (χ1v) is 6.88. The summed E-state index contributed by atoms with van der Waals surface area (Å²) in [6.07, 6.45) is 1.35. The Hall–Kier alpha value is -0.130. The third-order valence-electron chi connectivity index (χ3n) is 2.13. The Balaban J connectivity index is 3.47. The highest BCUT2D eigenvalue weighted by atomic mass is 32.2. The molecule has 0 saturated carbocycles. The normalized spacial score (nSPS) is 14.2. The van der Waals surface area contributed by atoms with E-state index < -0.39 is 9.84 Å². The molecule has 5 heteroatoms. The fourth-order valence-corrected chi connectivity index (χ4v) is 1.95. The molecule has 0 radical (unpaired) electrons. The lowest BCUT2D eigenvalue weighted by Crippen LogP contribution is -2.29. The first-order chi connectivity index (χ1) is 6.52. The molecule has 0 aromatic carbocycles. The average Bonchev–Trinajstić information content (AvgIpc) is 2.13. The smallest absolute Gasteiger partial charge is 0.150 e. The first-order valence-electron chi connectivity index (χ1n) is 5.06. The summed E-state index contributed by atoms with van der Waals surface area (Å²) in [5.74, 6) is 0.474. The van der Waals surface area contributed by atoms with E-state index >= 15 is 0 Å². The molecule has 0 aliphatic rings. The molecule has 0 amide bonds. The van der Waals surface area contributed by atoms with Gasteiger partial charge in [-0.25, -0.2) is 8.42 Å². The molecule has 4 nitrogen and oxygen atoms in total. The van der Waals surface area contributed by atoms with Gasteiger partial charge in [0.2, 0.25) is 0 Å². The number of nitrogens with one attached hydrogen (secondary N) is 1. The molecule has 0 heterocycles. The molecule has 0 fully saturated rings. The van der Waals surface area contributed by atoms with Crippen LogP contribution in [-0.4, -0.2) is 44.2 Å². The second kappa shape index (κ2) is 7.20. The standard InChI is InChI=1S/C9H21NO3S/c1-3-14(12,13)8-4-6-10-9(2)5-7-11/h9-11H,3-8H2,1-2H3. The van der Waals surface area contributed by atoms with E-state index in [9.17, 15) is 8.42 Å². The molecule has 14 heavy (non-hydrogen) atoms. The predicted octanol–water partition coefficient (Wildman–Crippen LogP) is 0.172. The van der Waals surface area contributed by atoms with Crippen molar-refractivity contribution in [2.24, 2.45) is 0 Å². The van der Waals surface area contributed by atoms with E-state index in [4.69, 9.17) is 5.11 Å². The molecule has 1 unspecified atom stereocenters. The van der Waals surface area contributed by atoms with Crippen molar-refractivity contribution in [1.29, 1.82) is 0 Å². The predicted molar refractivity (Wildman–Crippen MR) is 58.1 cm³/mol. The van der Waals surface area contributed by atoms with Gasteiger partial charge in [0.15, 0.2) is 0 Å². The number of rotatable bonds is 8. The van der Waals surface area contributed by atoms with Crippen LogP contribution in [0.15, 0.2) is 0 Å². The van der Waals surface area contributed by atoms with Crippen LogP contribution in [0, 0.1) is 0 Å². The van der Waals surface area contributed by atoms with Crippen LogP contribution in [0.1, 0.15) is 26.7 Å². The molecule has 0 bridgehead atoms. The van der Waals surface area contributed by atoms with Crippen LogP contribution in [-0.2, 0) is 9.84 Å². The topological polar surface area (TPSA) is 66.4 Å². The monoisotopic (exact) mass is 223 g/mol. The van der Waals surface area contributed by atoms with Gasteiger partial charge in [-0.05, 0) is 26.3 Å². The third kappa shape index (κ3) is 7.29. The van der Waals surface area contributed by atoms with Gasteiger partial charge in [0.05, 0.1) is 5.75 Å². The maximum atomic E-state index is 11.1. The SMILES string of the molecule is CCS(=O)(=O)CCCNC(C)CCO. The summed E-state index contributed by atoms with van der Waals surface area (Å²) in [5, 5.41) is 11.8. The van der Waals surface area contributed by atoms with Gasteiger partial charge in [-0.1, -0.05) is 6.92 Å². The van der Waals surface area contributed by atoms with E-state index in [1.165, 1.54) is 0 Å². The van der Waals surface area contributed by atoms with Gasteiger partial charge >= 0.3 is 0 Å². The van der Waals surface area contributed by atoms with Gasteiger partial charge in [-0.15, -0.1) is 0 Å². The van der Waals surface area contributed by atoms with E-state index in [1.54, 1.807) is 6.92 Å². The van der Waals surface area contributed by atoms with Gasteiger partial charge in [-0.3, -0.25) is 0 Å². The molecule has 0 aliphatic heterocycles. The summed E-state index contributed by atoms with van der Waals surface area (Å²) < 4.78 is 22.2. The quantitative estimate of drug-likeness (QED) is 0.576. The minimum Gasteiger partial charge on any atom is -0.396 e. The summed E-state index contributed by atoms with van der Waals surface area (Å²) in [6, 6.07) is 0.254. The number of aliphatic hydroxyl groups excluding tert-OH is 1. The van der Waals surface area contributed by atoms with Crippen LogP contribution in [0.25, 0.3) is 0 Å². The van der Waals surface area contributed by atoms with E-state index in [2.05, 4.69) is 5.32 Å². The Labute approximate surface area is 86.6 Å². The van der Waals surface area contributed by atoms with Gasteiger partial charge in [0.1, 0.15) is 9.84 Å². The van der Waals surface area contributed by atoms with E-state index in [0.717, 1.165) is 0 Å². The fourth-order valence-electron chi connectivity index (χ4n) is 1.08. The van der Waals surface area contributed by atoms with Crippen molar-refractivity contribution in [2.45, 2.75) is 32.7 Å². The van der Waals surface area contributed by atoms with Crippen LogP contribution in [0.5, 0.6) is 0 Å². The van der Waals surface area contributed by atoms with Gasteiger partial charge < -0.3 is 10.4 Å². The number of aliphatic hydroxyl groups is 1. The van der Waals surface area contributed by atoms with Crippen LogP contribution in [0.2, 0.25) is 0 Å². The highest BCUT2D eigenvalue weighted by Crippen LogP contribution is 1.94. The largest absolute Gasteiger partial charge is 0.396 e. The second-order valence-corrected chi connectivity index (χ2v) is 5.93. The molecular weight excluding hydrogens is 202 g/mol. The van der Waals surface area contributed by atoms with Crippen molar-refractivity contribution in [3.8, 4) is 0 Å². The highest BCUT2D eigenvalue weighted by Gasteiger charge is 2.06. The van der Waals surface area contributed by atoms with Gasteiger partial charge in [0.25, 0.3) is 0 Å². The Kier molecular flexibility index (Phi) is 7.13. The molecule has 0 saturated heterocycles. The Morgan fingerprint density at radius 2 is 2.07 bits per heavy atom. The van der Waals surface area contributed by atoms with Crippen LogP contribution in [0.3, 0.4) is 0 Å². The van der Waals surface area contributed by atoms with Crippen molar-refractivity contribution < 1.29 is 13.5 Å². The molecular formula is C9H21NO3S. The molecule has 0 rings (SSSR count). The van der Waals surface area contributed by atoms with Crippen LogP contribution < -0.4 is 5.32 Å². The van der Waals surface area contributed by atoms with Crippen molar-refractivity contribution in [3.05, 3.63) is 0 Å². The molecule has 86 valence electrons. The number of sulfone groups is 1. The summed E-state index contributed by atoms with van der Waals surface area (Å²) >= 11 is 0. The zero-order valence-electron chi connectivity index (χ0n) is 8.99. The lowest BCUT2D eigenvalue weighted by Gasteiger charge is -2.11. The van der Waals surface area contributed by atoms with Crippen LogP contribution in [0.4, 0.5) is 0 Å². The molecule has 2 N–H and O–H groups in total. The lowest BCUT2D eigenvalue weighted by atomic mass is 10.2. The minimum atomic E-state index is -2.82. The Bertz CT molecular complexity index is 226. The average molecular weight is 223 g/mol. The Morgan fingerprint density at radius 3 is 2.57 bits per heavy atom. The maximum absolute atomic E-state index is 11.1. The summed E-state index contributed by atoms with van der Waals surface area (Å²) in [5.41, 5.74) is 0. The molecule has 1 atom stereocenters. The zero-order chi connectivity index (χ0) is 11.0. The van der Waals surface area contributed by atoms with Gasteiger partial charge in [0, 0.05) is 18.4 Å². The zero-order valence-corrected chi connectivity index (χ0v) is 9.81. The second-order valence-electron chi connectivity index (χ2n) is 3.46. The summed E-state index contributed by atoms with van der Waals surface area (Å²) in [4.78, 5) is 0. The summed E-state index contributed by atoms with van der Waals surface area (Å²) in [6.45, 7) is 4.50. The fraction of sp³-hybridized carbons (Fsp3) is 1.00. The number of hydrogen-bond acceptors (Lipinski definition) is 4. The summed E-state index contributed by atoms with van der Waals surface area (Å²) in [7, 11) is -2.82. The maximum Gasteiger partial charge on any atom is 0.150 e. The molecule has 0 aliphatic carbocycles. The van der Waals surface area contributed by atoms with E-state index in [0.29, 0.717) is 19.4 Å². The van der Waals surface area contributed by atoms with Crippen molar-refractivity contribution in [2.75, 3.05) is 24.7 Å². The lowest BCUT2D eigenvalue weighted by molar-refractivity contribution is 0.269. The van der Waals surface area contributed by atoms with E-state index in [-0.39, 0.29) is 24.2 Å². The van der Waals surface area contributed by atoms with Crippen LogP contribution >= 0.6 is 0 Å². The molecule has 0 aromatic heterocycles. The first kappa shape index (κ1) is 13.9.